The summed E-state index contributed by atoms with van der Waals surface area (Å²) in [5.41, 5.74) is -0.123. The van der Waals surface area contributed by atoms with E-state index in [0.29, 0.717) is 0 Å². The van der Waals surface area contributed by atoms with E-state index in [1.165, 1.54) is 0 Å². The summed E-state index contributed by atoms with van der Waals surface area (Å²) in [7, 11) is 0. The van der Waals surface area contributed by atoms with Crippen molar-refractivity contribution in [2.75, 3.05) is 0 Å². The van der Waals surface area contributed by atoms with Gasteiger partial charge in [0.2, 0.25) is 0 Å². The first-order valence-electron chi connectivity index (χ1n) is 2.09. The second-order valence-corrected chi connectivity index (χ2v) is 2.50. The first kappa shape index (κ1) is 6.89. The Labute approximate surface area is 48.7 Å². The van der Waals surface area contributed by atoms with Crippen LogP contribution in [0.1, 0.15) is 20.8 Å². The Balaban J connectivity index is 3.56. The molecular formula is C4H9ClN2. The molecule has 0 atom stereocenters. The second kappa shape index (κ2) is 2.26. The van der Waals surface area contributed by atoms with Crippen molar-refractivity contribution in [3.8, 4) is 0 Å². The van der Waals surface area contributed by atoms with Gasteiger partial charge in [0.05, 0.1) is 17.3 Å². The molecule has 0 saturated carbocycles. The highest BCUT2D eigenvalue weighted by molar-refractivity contribution is 6.13. The van der Waals surface area contributed by atoms with E-state index in [1.54, 1.807) is 0 Å². The molecule has 0 saturated heterocycles. The Morgan fingerprint density at radius 3 is 1.71 bits per heavy atom. The van der Waals surface area contributed by atoms with Crippen molar-refractivity contribution in [2.45, 2.75) is 26.3 Å². The molecule has 0 bridgehead atoms. The third-order valence-corrected chi connectivity index (χ3v) is 0.413. The Kier molecular flexibility index (Phi) is 2.23. The van der Waals surface area contributed by atoms with Gasteiger partial charge in [-0.2, -0.15) is 5.11 Å². The molecule has 0 aliphatic carbocycles. The quantitative estimate of drug-likeness (QED) is 0.439. The highest BCUT2D eigenvalue weighted by Gasteiger charge is 2.04. The van der Waals surface area contributed by atoms with Crippen molar-refractivity contribution in [1.82, 2.24) is 0 Å². The molecule has 0 fully saturated rings. The van der Waals surface area contributed by atoms with Gasteiger partial charge >= 0.3 is 0 Å². The average molecular weight is 121 g/mol. The Morgan fingerprint density at radius 1 is 1.29 bits per heavy atom. The predicted octanol–water partition coefficient (Wildman–Crippen LogP) is 2.39. The van der Waals surface area contributed by atoms with Gasteiger partial charge in [-0.3, -0.25) is 0 Å². The summed E-state index contributed by atoms with van der Waals surface area (Å²) in [5, 5.41) is 3.65. The zero-order valence-corrected chi connectivity index (χ0v) is 5.53. The third kappa shape index (κ3) is 5.89. The Bertz CT molecular complexity index is 72.2. The molecule has 0 aromatic rings. The van der Waals surface area contributed by atoms with Crippen LogP contribution in [-0.2, 0) is 0 Å². The van der Waals surface area contributed by atoms with Crippen molar-refractivity contribution < 1.29 is 0 Å². The van der Waals surface area contributed by atoms with Gasteiger partial charge in [0.15, 0.2) is 0 Å². The van der Waals surface area contributed by atoms with E-state index >= 15 is 0 Å². The molecule has 2 nitrogen and oxygen atoms in total. The second-order valence-electron chi connectivity index (χ2n) is 2.35. The first-order valence-corrected chi connectivity index (χ1v) is 2.43. The minimum absolute atomic E-state index is 0.123. The van der Waals surface area contributed by atoms with Gasteiger partial charge in [0, 0.05) is 0 Å². The molecular weight excluding hydrogens is 112 g/mol. The van der Waals surface area contributed by atoms with Crippen LogP contribution in [0.15, 0.2) is 9.75 Å². The van der Waals surface area contributed by atoms with Crippen LogP contribution in [-0.4, -0.2) is 5.54 Å². The summed E-state index contributed by atoms with van der Waals surface area (Å²) in [4.78, 5) is 0. The molecule has 0 spiro atoms. The fourth-order valence-corrected chi connectivity index (χ4v) is 0.340. The van der Waals surface area contributed by atoms with Crippen LogP contribution < -0.4 is 0 Å². The van der Waals surface area contributed by atoms with E-state index in [1.807, 2.05) is 20.8 Å². The van der Waals surface area contributed by atoms with Crippen molar-refractivity contribution in [3.05, 3.63) is 0 Å². The fraction of sp³-hybridized carbons (Fsp3) is 1.00. The molecule has 0 heterocycles. The number of rotatable bonds is 0. The van der Waals surface area contributed by atoms with Crippen LogP contribution in [0.25, 0.3) is 0 Å². The van der Waals surface area contributed by atoms with Crippen LogP contribution in [0, 0.1) is 0 Å². The summed E-state index contributed by atoms with van der Waals surface area (Å²) in [6.45, 7) is 5.79. The van der Waals surface area contributed by atoms with Crippen LogP contribution in [0.2, 0.25) is 0 Å². The molecule has 0 aromatic heterocycles. The summed E-state index contributed by atoms with van der Waals surface area (Å²) in [5.74, 6) is 0. The van der Waals surface area contributed by atoms with Gasteiger partial charge < -0.3 is 0 Å². The van der Waals surface area contributed by atoms with Crippen LogP contribution in [0.4, 0.5) is 0 Å². The highest BCUT2D eigenvalue weighted by atomic mass is 35.5. The predicted molar refractivity (Wildman–Crippen MR) is 30.5 cm³/mol. The zero-order valence-electron chi connectivity index (χ0n) is 4.77. The van der Waals surface area contributed by atoms with Crippen LogP contribution in [0.3, 0.4) is 0 Å². The summed E-state index contributed by atoms with van der Waals surface area (Å²) < 4.78 is 3.10. The molecule has 7 heavy (non-hydrogen) atoms. The average Bonchev–Trinajstić information content (AvgIpc) is 1.30. The maximum Gasteiger partial charge on any atom is 0.0747 e. The minimum Gasteiger partial charge on any atom is -0.170 e. The monoisotopic (exact) mass is 120 g/mol. The summed E-state index contributed by atoms with van der Waals surface area (Å²) in [6, 6.07) is 0. The number of halogens is 1. The molecule has 3 heteroatoms. The number of nitrogens with zero attached hydrogens (tertiary/aromatic N) is 2. The molecule has 0 aliphatic heterocycles. The van der Waals surface area contributed by atoms with Crippen molar-refractivity contribution in [3.63, 3.8) is 0 Å². The van der Waals surface area contributed by atoms with Gasteiger partial charge in [-0.15, -0.1) is 0 Å². The molecule has 0 radical (unpaired) electrons. The lowest BCUT2D eigenvalue weighted by Gasteiger charge is -2.05. The van der Waals surface area contributed by atoms with Gasteiger partial charge in [-0.05, 0) is 20.8 Å². The van der Waals surface area contributed by atoms with E-state index < -0.39 is 0 Å². The molecule has 0 aromatic carbocycles. The first-order chi connectivity index (χ1) is 3.06. The summed E-state index contributed by atoms with van der Waals surface area (Å²) >= 11 is 4.94. The van der Waals surface area contributed by atoms with Crippen LogP contribution >= 0.6 is 11.8 Å². The third-order valence-electron chi connectivity index (χ3n) is 0.338. The maximum atomic E-state index is 4.94. The molecule has 0 N–H and O–H groups in total. The van der Waals surface area contributed by atoms with Crippen LogP contribution in [0.5, 0.6) is 0 Å². The van der Waals surface area contributed by atoms with Crippen molar-refractivity contribution in [1.29, 1.82) is 0 Å². The SMILES string of the molecule is CC(C)(C)N=NCl. The fourth-order valence-electron chi connectivity index (χ4n) is 0.113. The maximum absolute atomic E-state index is 4.94. The van der Waals surface area contributed by atoms with Crippen molar-refractivity contribution >= 4 is 11.8 Å². The van der Waals surface area contributed by atoms with Gasteiger partial charge in [0.25, 0.3) is 0 Å². The largest absolute Gasteiger partial charge is 0.170 e. The topological polar surface area (TPSA) is 24.7 Å². The van der Waals surface area contributed by atoms with E-state index in [0.717, 1.165) is 0 Å². The van der Waals surface area contributed by atoms with Crippen molar-refractivity contribution in [2.24, 2.45) is 9.75 Å². The Morgan fingerprint density at radius 2 is 1.71 bits per heavy atom. The minimum atomic E-state index is -0.123. The number of hydrogen-bond donors (Lipinski definition) is 0. The summed E-state index contributed by atoms with van der Waals surface area (Å²) in [6.07, 6.45) is 0. The lowest BCUT2D eigenvalue weighted by molar-refractivity contribution is 0.557. The van der Waals surface area contributed by atoms with E-state index in [9.17, 15) is 0 Å². The van der Waals surface area contributed by atoms with E-state index in [-0.39, 0.29) is 5.54 Å². The van der Waals surface area contributed by atoms with E-state index in [4.69, 9.17) is 11.8 Å². The van der Waals surface area contributed by atoms with Gasteiger partial charge in [-0.1, -0.05) is 4.63 Å². The normalized spacial score (nSPS) is 13.1. The van der Waals surface area contributed by atoms with Gasteiger partial charge in [-0.25, -0.2) is 0 Å². The standard InChI is InChI=1S/C4H9ClN2/c1-4(2,3)6-7-5/h1-3H3. The smallest absolute Gasteiger partial charge is 0.0747 e. The number of hydrogen-bond acceptors (Lipinski definition) is 2. The zero-order chi connectivity index (χ0) is 5.91. The lowest BCUT2D eigenvalue weighted by Crippen LogP contribution is -2.06. The molecule has 42 valence electrons. The molecule has 0 amide bonds. The molecule has 0 unspecified atom stereocenters. The lowest BCUT2D eigenvalue weighted by atomic mass is 10.1. The van der Waals surface area contributed by atoms with E-state index in [2.05, 4.69) is 9.75 Å². The molecule has 0 aliphatic rings. The highest BCUT2D eigenvalue weighted by Crippen LogP contribution is 2.06. The molecule has 0 rings (SSSR count). The van der Waals surface area contributed by atoms with Gasteiger partial charge in [0.1, 0.15) is 0 Å². The Hall–Kier alpha value is -0.110.